The molecule has 2 N–H and O–H groups in total. The van der Waals surface area contributed by atoms with E-state index < -0.39 is 0 Å². The lowest BCUT2D eigenvalue weighted by Gasteiger charge is -2.15. The van der Waals surface area contributed by atoms with Gasteiger partial charge in [-0.15, -0.1) is 0 Å². The van der Waals surface area contributed by atoms with Crippen molar-refractivity contribution in [3.05, 3.63) is 42.6 Å². The van der Waals surface area contributed by atoms with Crippen LogP contribution in [0.2, 0.25) is 0 Å². The fourth-order valence-corrected chi connectivity index (χ4v) is 1.86. The molecule has 0 saturated heterocycles. The molecule has 0 saturated carbocycles. The van der Waals surface area contributed by atoms with Crippen LogP contribution in [0, 0.1) is 0 Å². The maximum absolute atomic E-state index is 11.3. The molecule has 0 radical (unpaired) electrons. The topological polar surface area (TPSA) is 63.2 Å². The molecule has 1 aromatic heterocycles. The van der Waals surface area contributed by atoms with Crippen molar-refractivity contribution in [3.63, 3.8) is 0 Å². The predicted octanol–water partition coefficient (Wildman–Crippen LogP) is 3.96. The predicted molar refractivity (Wildman–Crippen MR) is 88.6 cm³/mol. The molecule has 1 heterocycles. The molecule has 0 spiro atoms. The lowest BCUT2D eigenvalue weighted by atomic mass is 10.3. The van der Waals surface area contributed by atoms with Crippen molar-refractivity contribution in [2.45, 2.75) is 33.3 Å². The SMILES string of the molecule is CCC(=O)Nc1ccc(Nc2ccccc2OC(C)C)nc1. The Morgan fingerprint density at radius 2 is 2.00 bits per heavy atom. The molecule has 0 atom stereocenters. The van der Waals surface area contributed by atoms with Gasteiger partial charge in [0, 0.05) is 6.42 Å². The van der Waals surface area contributed by atoms with Crippen LogP contribution in [0.15, 0.2) is 42.6 Å². The molecule has 5 nitrogen and oxygen atoms in total. The lowest BCUT2D eigenvalue weighted by Crippen LogP contribution is -2.10. The Kier molecular flexibility index (Phi) is 5.36. The third-order valence-electron chi connectivity index (χ3n) is 2.88. The number of ether oxygens (including phenoxy) is 1. The molecule has 1 aromatic carbocycles. The van der Waals surface area contributed by atoms with Gasteiger partial charge in [0.2, 0.25) is 5.91 Å². The number of para-hydroxylation sites is 2. The van der Waals surface area contributed by atoms with E-state index in [0.717, 1.165) is 11.4 Å². The zero-order chi connectivity index (χ0) is 15.9. The van der Waals surface area contributed by atoms with Crippen molar-refractivity contribution in [2.75, 3.05) is 10.6 Å². The van der Waals surface area contributed by atoms with Crippen LogP contribution in [0.4, 0.5) is 17.2 Å². The summed E-state index contributed by atoms with van der Waals surface area (Å²) in [6.45, 7) is 5.78. The van der Waals surface area contributed by atoms with Gasteiger partial charge < -0.3 is 15.4 Å². The Hall–Kier alpha value is -2.56. The van der Waals surface area contributed by atoms with E-state index in [4.69, 9.17) is 4.74 Å². The smallest absolute Gasteiger partial charge is 0.224 e. The number of benzene rings is 1. The minimum atomic E-state index is -0.0295. The van der Waals surface area contributed by atoms with Crippen LogP contribution in [0.25, 0.3) is 0 Å². The van der Waals surface area contributed by atoms with Gasteiger partial charge in [-0.1, -0.05) is 19.1 Å². The first kappa shape index (κ1) is 15.8. The van der Waals surface area contributed by atoms with E-state index in [9.17, 15) is 4.79 Å². The van der Waals surface area contributed by atoms with E-state index in [-0.39, 0.29) is 12.0 Å². The van der Waals surface area contributed by atoms with Crippen LogP contribution >= 0.6 is 0 Å². The molecular weight excluding hydrogens is 278 g/mol. The number of anilines is 3. The number of amides is 1. The fourth-order valence-electron chi connectivity index (χ4n) is 1.86. The van der Waals surface area contributed by atoms with Crippen molar-refractivity contribution in [1.29, 1.82) is 0 Å². The first-order valence-electron chi connectivity index (χ1n) is 7.37. The van der Waals surface area contributed by atoms with Crippen LogP contribution in [-0.2, 0) is 4.79 Å². The third kappa shape index (κ3) is 4.48. The van der Waals surface area contributed by atoms with E-state index in [0.29, 0.717) is 17.9 Å². The van der Waals surface area contributed by atoms with Gasteiger partial charge >= 0.3 is 0 Å². The highest BCUT2D eigenvalue weighted by atomic mass is 16.5. The van der Waals surface area contributed by atoms with Crippen molar-refractivity contribution >= 4 is 23.1 Å². The molecule has 1 amide bonds. The molecule has 116 valence electrons. The maximum atomic E-state index is 11.3. The summed E-state index contributed by atoms with van der Waals surface area (Å²) >= 11 is 0. The molecule has 2 aromatic rings. The van der Waals surface area contributed by atoms with E-state index >= 15 is 0 Å². The standard InChI is InChI=1S/C17H21N3O2/c1-4-17(21)19-13-9-10-16(18-11-13)20-14-7-5-6-8-15(14)22-12(2)3/h5-12H,4H2,1-3H3,(H,18,20)(H,19,21). The van der Waals surface area contributed by atoms with Gasteiger partial charge in [-0.2, -0.15) is 0 Å². The number of aromatic nitrogens is 1. The summed E-state index contributed by atoms with van der Waals surface area (Å²) in [7, 11) is 0. The first-order valence-corrected chi connectivity index (χ1v) is 7.37. The normalized spacial score (nSPS) is 10.4. The molecule has 0 aliphatic carbocycles. The number of carbonyl (C=O) groups is 1. The zero-order valence-corrected chi connectivity index (χ0v) is 13.1. The molecule has 0 aliphatic heterocycles. The summed E-state index contributed by atoms with van der Waals surface area (Å²) < 4.78 is 5.76. The Labute approximate surface area is 130 Å². The second kappa shape index (κ2) is 7.45. The Morgan fingerprint density at radius 1 is 1.23 bits per heavy atom. The highest BCUT2D eigenvalue weighted by molar-refractivity contribution is 5.90. The van der Waals surface area contributed by atoms with Crippen LogP contribution in [0.3, 0.4) is 0 Å². The largest absolute Gasteiger partial charge is 0.489 e. The van der Waals surface area contributed by atoms with Gasteiger partial charge in [-0.25, -0.2) is 4.98 Å². The molecule has 2 rings (SSSR count). The highest BCUT2D eigenvalue weighted by Crippen LogP contribution is 2.27. The van der Waals surface area contributed by atoms with Crippen LogP contribution < -0.4 is 15.4 Å². The highest BCUT2D eigenvalue weighted by Gasteiger charge is 2.06. The molecule has 0 aliphatic rings. The summed E-state index contributed by atoms with van der Waals surface area (Å²) in [4.78, 5) is 15.6. The summed E-state index contributed by atoms with van der Waals surface area (Å²) in [5.74, 6) is 1.44. The van der Waals surface area contributed by atoms with E-state index in [1.54, 1.807) is 6.20 Å². The van der Waals surface area contributed by atoms with E-state index in [1.807, 2.05) is 57.2 Å². The van der Waals surface area contributed by atoms with Crippen LogP contribution in [-0.4, -0.2) is 17.0 Å². The number of hydrogen-bond donors (Lipinski definition) is 2. The van der Waals surface area contributed by atoms with Crippen LogP contribution in [0.1, 0.15) is 27.2 Å². The first-order chi connectivity index (χ1) is 10.6. The summed E-state index contributed by atoms with van der Waals surface area (Å²) in [6, 6.07) is 11.3. The van der Waals surface area contributed by atoms with Crippen molar-refractivity contribution in [3.8, 4) is 5.75 Å². The number of nitrogens with zero attached hydrogens (tertiary/aromatic N) is 1. The summed E-state index contributed by atoms with van der Waals surface area (Å²) in [5.41, 5.74) is 1.54. The van der Waals surface area contributed by atoms with Gasteiger partial charge in [-0.05, 0) is 38.1 Å². The monoisotopic (exact) mass is 299 g/mol. The van der Waals surface area contributed by atoms with E-state index in [2.05, 4.69) is 15.6 Å². The Balaban J connectivity index is 2.09. The summed E-state index contributed by atoms with van der Waals surface area (Å²) in [6.07, 6.45) is 2.17. The number of carbonyl (C=O) groups excluding carboxylic acids is 1. The molecule has 5 heteroatoms. The maximum Gasteiger partial charge on any atom is 0.224 e. The van der Waals surface area contributed by atoms with Gasteiger partial charge in [0.25, 0.3) is 0 Å². The van der Waals surface area contributed by atoms with Crippen molar-refractivity contribution in [2.24, 2.45) is 0 Å². The molecular formula is C17H21N3O2. The van der Waals surface area contributed by atoms with Gasteiger partial charge in [-0.3, -0.25) is 4.79 Å². The molecule has 0 unspecified atom stereocenters. The number of nitrogens with one attached hydrogen (secondary N) is 2. The fraction of sp³-hybridized carbons (Fsp3) is 0.294. The van der Waals surface area contributed by atoms with Gasteiger partial charge in [0.05, 0.1) is 23.7 Å². The van der Waals surface area contributed by atoms with Gasteiger partial charge in [0.15, 0.2) is 0 Å². The van der Waals surface area contributed by atoms with Gasteiger partial charge in [0.1, 0.15) is 11.6 Å². The Morgan fingerprint density at radius 3 is 2.64 bits per heavy atom. The average Bonchev–Trinajstić information content (AvgIpc) is 2.50. The molecule has 22 heavy (non-hydrogen) atoms. The summed E-state index contributed by atoms with van der Waals surface area (Å²) in [5, 5.41) is 5.99. The second-order valence-corrected chi connectivity index (χ2v) is 5.12. The van der Waals surface area contributed by atoms with Crippen molar-refractivity contribution in [1.82, 2.24) is 4.98 Å². The molecule has 0 fully saturated rings. The van der Waals surface area contributed by atoms with E-state index in [1.165, 1.54) is 0 Å². The lowest BCUT2D eigenvalue weighted by molar-refractivity contribution is -0.115. The third-order valence-corrected chi connectivity index (χ3v) is 2.88. The Bertz CT molecular complexity index is 624. The number of pyridine rings is 1. The van der Waals surface area contributed by atoms with Crippen LogP contribution in [0.5, 0.6) is 5.75 Å². The van der Waals surface area contributed by atoms with Crippen molar-refractivity contribution < 1.29 is 9.53 Å². The minimum absolute atomic E-state index is 0.0295. The zero-order valence-electron chi connectivity index (χ0n) is 13.1. The number of hydrogen-bond acceptors (Lipinski definition) is 4. The quantitative estimate of drug-likeness (QED) is 0.847. The minimum Gasteiger partial charge on any atom is -0.489 e. The second-order valence-electron chi connectivity index (χ2n) is 5.12. The molecule has 0 bridgehead atoms. The average molecular weight is 299 g/mol. The number of rotatable bonds is 6.